The van der Waals surface area contributed by atoms with E-state index in [1.807, 2.05) is 13.8 Å². The zero-order valence-electron chi connectivity index (χ0n) is 7.49. The van der Waals surface area contributed by atoms with Gasteiger partial charge < -0.3 is 21.4 Å². The summed E-state index contributed by atoms with van der Waals surface area (Å²) in [7, 11) is 0. The predicted molar refractivity (Wildman–Crippen MR) is 47.1 cm³/mol. The van der Waals surface area contributed by atoms with Crippen LogP contribution >= 0.6 is 0 Å². The third-order valence-corrected chi connectivity index (χ3v) is 1.88. The van der Waals surface area contributed by atoms with Gasteiger partial charge >= 0.3 is 0 Å². The van der Waals surface area contributed by atoms with Gasteiger partial charge in [-0.1, -0.05) is 12.1 Å². The maximum absolute atomic E-state index is 8.78. The number of nitrogens with zero attached hydrogens (tertiary/aromatic N) is 1. The highest BCUT2D eigenvalue weighted by Gasteiger charge is 2.09. The normalized spacial score (nSPS) is 17.4. The van der Waals surface area contributed by atoms with E-state index in [1.165, 1.54) is 0 Å². The first-order chi connectivity index (χ1) is 5.61. The number of rotatable bonds is 5. The van der Waals surface area contributed by atoms with Crippen molar-refractivity contribution in [3.05, 3.63) is 0 Å². The van der Waals surface area contributed by atoms with Crippen molar-refractivity contribution in [2.75, 3.05) is 13.2 Å². The molecule has 0 fully saturated rings. The summed E-state index contributed by atoms with van der Waals surface area (Å²) in [6.45, 7) is 4.32. The van der Waals surface area contributed by atoms with Crippen LogP contribution in [0.1, 0.15) is 13.8 Å². The van der Waals surface area contributed by atoms with Gasteiger partial charge in [0, 0.05) is 12.6 Å². The molecule has 2 atom stereocenters. The number of aliphatic hydroxyl groups excluding tert-OH is 1. The average Bonchev–Trinajstić information content (AvgIpc) is 2.11. The van der Waals surface area contributed by atoms with Crippen molar-refractivity contribution < 1.29 is 10.3 Å². The number of aliphatic hydroxyl groups is 1. The second kappa shape index (κ2) is 5.79. The largest absolute Gasteiger partial charge is 0.409 e. The molecule has 0 aromatic heterocycles. The molecule has 72 valence electrons. The van der Waals surface area contributed by atoms with Crippen molar-refractivity contribution >= 4 is 5.84 Å². The molecule has 2 unspecified atom stereocenters. The van der Waals surface area contributed by atoms with E-state index in [1.54, 1.807) is 0 Å². The Morgan fingerprint density at radius 2 is 2.17 bits per heavy atom. The van der Waals surface area contributed by atoms with Crippen molar-refractivity contribution in [3.8, 4) is 0 Å². The summed E-state index contributed by atoms with van der Waals surface area (Å²) in [6, 6.07) is 0.148. The Hall–Kier alpha value is -0.810. The van der Waals surface area contributed by atoms with Crippen molar-refractivity contribution in [1.29, 1.82) is 0 Å². The fourth-order valence-corrected chi connectivity index (χ4v) is 0.660. The molecule has 5 heteroatoms. The molecular formula is C7H17N3O2. The van der Waals surface area contributed by atoms with Crippen LogP contribution < -0.4 is 11.1 Å². The minimum absolute atomic E-state index is 0.129. The summed E-state index contributed by atoms with van der Waals surface area (Å²) < 4.78 is 0. The van der Waals surface area contributed by atoms with Gasteiger partial charge in [0.25, 0.3) is 0 Å². The standard InChI is InChI=1S/C7H17N3O2/c1-5(4-11)6(2)9-3-7(8)10-12/h5-6,9,11-12H,3-4H2,1-2H3,(H2,8,10). The maximum Gasteiger partial charge on any atom is 0.153 e. The van der Waals surface area contributed by atoms with E-state index in [0.717, 1.165) is 0 Å². The van der Waals surface area contributed by atoms with Gasteiger partial charge in [0.1, 0.15) is 0 Å². The minimum atomic E-state index is 0.129. The number of hydrogen-bond donors (Lipinski definition) is 4. The molecule has 0 heterocycles. The number of amidine groups is 1. The van der Waals surface area contributed by atoms with E-state index >= 15 is 0 Å². The summed E-state index contributed by atoms with van der Waals surface area (Å²) in [5.74, 6) is 0.309. The van der Waals surface area contributed by atoms with E-state index in [-0.39, 0.29) is 24.4 Å². The molecule has 12 heavy (non-hydrogen) atoms. The predicted octanol–water partition coefficient (Wildman–Crippen LogP) is -0.661. The third-order valence-electron chi connectivity index (χ3n) is 1.88. The van der Waals surface area contributed by atoms with Crippen molar-refractivity contribution in [3.63, 3.8) is 0 Å². The Morgan fingerprint density at radius 3 is 2.58 bits per heavy atom. The molecule has 0 saturated heterocycles. The molecule has 0 aromatic rings. The van der Waals surface area contributed by atoms with Crippen LogP contribution in [0.15, 0.2) is 5.16 Å². The molecule has 0 rings (SSSR count). The molecule has 0 amide bonds. The van der Waals surface area contributed by atoms with Gasteiger partial charge in [-0.05, 0) is 12.8 Å². The number of nitrogens with two attached hydrogens (primary N) is 1. The third kappa shape index (κ3) is 4.15. The fourth-order valence-electron chi connectivity index (χ4n) is 0.660. The molecule has 5 N–H and O–H groups in total. The first-order valence-corrected chi connectivity index (χ1v) is 3.92. The molecule has 0 aliphatic rings. The molecule has 0 aliphatic heterocycles. The topological polar surface area (TPSA) is 90.9 Å². The lowest BCUT2D eigenvalue weighted by molar-refractivity contribution is 0.209. The van der Waals surface area contributed by atoms with Crippen LogP contribution in [0.25, 0.3) is 0 Å². The highest BCUT2D eigenvalue weighted by Crippen LogP contribution is 1.99. The smallest absolute Gasteiger partial charge is 0.153 e. The Morgan fingerprint density at radius 1 is 1.58 bits per heavy atom. The van der Waals surface area contributed by atoms with Crippen LogP contribution in [-0.4, -0.2) is 35.3 Å². The Kier molecular flexibility index (Phi) is 5.40. The first-order valence-electron chi connectivity index (χ1n) is 3.92. The van der Waals surface area contributed by atoms with Gasteiger partial charge in [0.05, 0.1) is 6.54 Å². The monoisotopic (exact) mass is 175 g/mol. The molecule has 0 radical (unpaired) electrons. The molecule has 0 aliphatic carbocycles. The summed E-state index contributed by atoms with van der Waals surface area (Å²) in [5.41, 5.74) is 5.24. The first kappa shape index (κ1) is 11.2. The summed E-state index contributed by atoms with van der Waals surface area (Å²) >= 11 is 0. The SMILES string of the molecule is CC(CO)C(C)NCC(N)=NO. The van der Waals surface area contributed by atoms with Crippen LogP contribution in [-0.2, 0) is 0 Å². The van der Waals surface area contributed by atoms with E-state index in [0.29, 0.717) is 6.54 Å². The summed E-state index contributed by atoms with van der Waals surface area (Å²) in [5, 5.41) is 22.8. The number of nitrogens with one attached hydrogen (secondary N) is 1. The van der Waals surface area contributed by atoms with Crippen LogP contribution in [0.5, 0.6) is 0 Å². The van der Waals surface area contributed by atoms with E-state index in [2.05, 4.69) is 10.5 Å². The minimum Gasteiger partial charge on any atom is -0.409 e. The Labute approximate surface area is 72.3 Å². The molecule has 0 spiro atoms. The van der Waals surface area contributed by atoms with Gasteiger partial charge in [-0.15, -0.1) is 0 Å². The lowest BCUT2D eigenvalue weighted by Crippen LogP contribution is -2.39. The summed E-state index contributed by atoms with van der Waals surface area (Å²) in [6.07, 6.45) is 0. The van der Waals surface area contributed by atoms with Gasteiger partial charge in [0.2, 0.25) is 0 Å². The second-order valence-corrected chi connectivity index (χ2v) is 2.92. The zero-order chi connectivity index (χ0) is 9.56. The van der Waals surface area contributed by atoms with E-state index < -0.39 is 0 Å². The van der Waals surface area contributed by atoms with Gasteiger partial charge in [-0.2, -0.15) is 0 Å². The quantitative estimate of drug-likeness (QED) is 0.193. The van der Waals surface area contributed by atoms with E-state index in [4.69, 9.17) is 16.0 Å². The van der Waals surface area contributed by atoms with Crippen LogP contribution in [0.4, 0.5) is 0 Å². The fraction of sp³-hybridized carbons (Fsp3) is 0.857. The van der Waals surface area contributed by atoms with Crippen LogP contribution in [0.3, 0.4) is 0 Å². The van der Waals surface area contributed by atoms with Crippen LogP contribution in [0.2, 0.25) is 0 Å². The Bertz CT molecular complexity index is 150. The molecule has 5 nitrogen and oxygen atoms in total. The molecular weight excluding hydrogens is 158 g/mol. The number of oxime groups is 1. The van der Waals surface area contributed by atoms with Crippen molar-refractivity contribution in [2.24, 2.45) is 16.8 Å². The second-order valence-electron chi connectivity index (χ2n) is 2.92. The maximum atomic E-state index is 8.78. The average molecular weight is 175 g/mol. The van der Waals surface area contributed by atoms with Crippen molar-refractivity contribution in [2.45, 2.75) is 19.9 Å². The van der Waals surface area contributed by atoms with E-state index in [9.17, 15) is 0 Å². The van der Waals surface area contributed by atoms with Gasteiger partial charge in [-0.25, -0.2) is 0 Å². The highest BCUT2D eigenvalue weighted by atomic mass is 16.4. The Balaban J connectivity index is 3.63. The zero-order valence-corrected chi connectivity index (χ0v) is 7.49. The molecule has 0 saturated carbocycles. The van der Waals surface area contributed by atoms with Gasteiger partial charge in [0.15, 0.2) is 5.84 Å². The molecule has 0 bridgehead atoms. The van der Waals surface area contributed by atoms with Gasteiger partial charge in [-0.3, -0.25) is 0 Å². The lowest BCUT2D eigenvalue weighted by atomic mass is 10.1. The highest BCUT2D eigenvalue weighted by molar-refractivity contribution is 5.81. The van der Waals surface area contributed by atoms with Crippen LogP contribution in [0, 0.1) is 5.92 Å². The lowest BCUT2D eigenvalue weighted by Gasteiger charge is -2.18. The van der Waals surface area contributed by atoms with Crippen molar-refractivity contribution in [1.82, 2.24) is 5.32 Å². The molecule has 0 aromatic carbocycles. The summed E-state index contributed by atoms with van der Waals surface area (Å²) in [4.78, 5) is 0. The number of hydrogen-bond acceptors (Lipinski definition) is 4.